The van der Waals surface area contributed by atoms with Crippen molar-refractivity contribution in [2.24, 2.45) is 4.99 Å². The number of amides is 1. The Bertz CT molecular complexity index is 1690. The van der Waals surface area contributed by atoms with Gasteiger partial charge in [-0.3, -0.25) is 9.69 Å². The molecule has 6 rings (SSSR count). The molecule has 8 heteroatoms. The lowest BCUT2D eigenvalue weighted by Crippen LogP contribution is -2.29. The molecule has 6 nitrogen and oxygen atoms in total. The van der Waals surface area contributed by atoms with Crippen molar-refractivity contribution in [3.8, 4) is 11.5 Å². The lowest BCUT2D eigenvalue weighted by atomic mass is 10.1. The summed E-state index contributed by atoms with van der Waals surface area (Å²) in [6.45, 7) is 5.12. The van der Waals surface area contributed by atoms with E-state index < -0.39 is 0 Å². The van der Waals surface area contributed by atoms with Crippen molar-refractivity contribution < 1.29 is 14.3 Å². The second-order valence-electron chi connectivity index (χ2n) is 10.6. The molecule has 2 saturated heterocycles. The summed E-state index contributed by atoms with van der Waals surface area (Å²) in [5, 5.41) is 3.02. The van der Waals surface area contributed by atoms with Crippen LogP contribution < -0.4 is 14.4 Å². The zero-order chi connectivity index (χ0) is 29.8. The Morgan fingerprint density at radius 1 is 0.977 bits per heavy atom. The zero-order valence-corrected chi connectivity index (χ0v) is 26.8. The van der Waals surface area contributed by atoms with Crippen LogP contribution in [0.15, 0.2) is 93.2 Å². The van der Waals surface area contributed by atoms with E-state index in [0.717, 1.165) is 39.8 Å². The minimum absolute atomic E-state index is 0.0532. The third kappa shape index (κ3) is 6.45. The van der Waals surface area contributed by atoms with Gasteiger partial charge >= 0.3 is 0 Å². The van der Waals surface area contributed by atoms with Crippen LogP contribution in [0.5, 0.6) is 11.5 Å². The smallest absolute Gasteiger partial charge is 0.266 e. The predicted molar refractivity (Wildman–Crippen MR) is 182 cm³/mol. The van der Waals surface area contributed by atoms with E-state index in [1.807, 2.05) is 55.5 Å². The molecule has 220 valence electrons. The molecule has 0 bridgehead atoms. The Morgan fingerprint density at radius 2 is 1.74 bits per heavy atom. The summed E-state index contributed by atoms with van der Waals surface area (Å²) >= 11 is 5.07. The molecule has 0 N–H and O–H groups in total. The summed E-state index contributed by atoms with van der Waals surface area (Å²) in [6, 6.07) is 26.7. The lowest BCUT2D eigenvalue weighted by molar-refractivity contribution is -0.122. The molecule has 0 aliphatic carbocycles. The maximum atomic E-state index is 13.4. The van der Waals surface area contributed by atoms with Gasteiger partial charge in [0.15, 0.2) is 16.7 Å². The maximum Gasteiger partial charge on any atom is 0.266 e. The van der Waals surface area contributed by atoms with E-state index in [1.54, 1.807) is 12.0 Å². The van der Waals surface area contributed by atoms with E-state index in [-0.39, 0.29) is 5.91 Å². The van der Waals surface area contributed by atoms with Crippen molar-refractivity contribution in [2.45, 2.75) is 32.8 Å². The van der Waals surface area contributed by atoms with Crippen LogP contribution in [-0.4, -0.2) is 42.7 Å². The number of ether oxygens (including phenoxy) is 2. The van der Waals surface area contributed by atoms with Crippen LogP contribution in [-0.2, 0) is 11.4 Å². The first kappa shape index (κ1) is 29.3. The number of piperidine rings is 1. The van der Waals surface area contributed by atoms with E-state index in [0.29, 0.717) is 34.7 Å². The summed E-state index contributed by atoms with van der Waals surface area (Å²) < 4.78 is 12.7. The number of aliphatic imine (C=N–C) groups is 1. The molecule has 0 unspecified atom stereocenters. The second-order valence-corrected chi connectivity index (χ2v) is 12.4. The molecule has 0 saturated carbocycles. The third-order valence-corrected chi connectivity index (χ3v) is 9.40. The average Bonchev–Trinajstić information content (AvgIpc) is 3.33. The topological polar surface area (TPSA) is 54.4 Å². The number of hydrogen-bond acceptors (Lipinski definition) is 6. The quantitative estimate of drug-likeness (QED) is 0.178. The van der Waals surface area contributed by atoms with Gasteiger partial charge in [0.2, 0.25) is 0 Å². The standard InChI is InChI=1S/C35H34BrN3O3S/c1-3-39-34(40)32(43-35(39)37-27-14-16-28(17-15-27)38-18-7-4-8-19-38)22-24-20-30(36)33(31(21-24)41-2)42-23-26-12-9-11-25-10-5-6-13-29(25)26/h5-6,9-17,20-22H,3-4,7-8,18-19,23H2,1-2H3/b32-22+,37-35?. The van der Waals surface area contributed by atoms with Gasteiger partial charge in [-0.1, -0.05) is 42.5 Å². The summed E-state index contributed by atoms with van der Waals surface area (Å²) in [7, 11) is 1.62. The van der Waals surface area contributed by atoms with Crippen LogP contribution in [0.3, 0.4) is 0 Å². The monoisotopic (exact) mass is 655 g/mol. The molecular formula is C35H34BrN3O3S. The van der Waals surface area contributed by atoms with Crippen molar-refractivity contribution >= 4 is 67.0 Å². The second kappa shape index (κ2) is 13.3. The molecule has 2 aliphatic heterocycles. The number of hydrogen-bond donors (Lipinski definition) is 0. The van der Waals surface area contributed by atoms with E-state index >= 15 is 0 Å². The minimum Gasteiger partial charge on any atom is -0.493 e. The first-order valence-corrected chi connectivity index (χ1v) is 16.3. The van der Waals surface area contributed by atoms with Gasteiger partial charge in [0.05, 0.1) is 22.2 Å². The van der Waals surface area contributed by atoms with Crippen LogP contribution in [0.2, 0.25) is 0 Å². The summed E-state index contributed by atoms with van der Waals surface area (Å²) in [5.74, 6) is 1.16. The van der Waals surface area contributed by atoms with Gasteiger partial charge in [0.25, 0.3) is 5.91 Å². The predicted octanol–water partition coefficient (Wildman–Crippen LogP) is 8.80. The molecule has 0 spiro atoms. The number of benzene rings is 4. The summed E-state index contributed by atoms with van der Waals surface area (Å²) in [4.78, 5) is 23.0. The normalized spacial score (nSPS) is 17.3. The van der Waals surface area contributed by atoms with Crippen LogP contribution in [0.25, 0.3) is 16.8 Å². The fraction of sp³-hybridized carbons (Fsp3) is 0.257. The number of amidine groups is 1. The number of carbonyl (C=O) groups excluding carboxylic acids is 1. The Hall–Kier alpha value is -3.75. The Morgan fingerprint density at radius 3 is 2.51 bits per heavy atom. The molecule has 0 atom stereocenters. The van der Waals surface area contributed by atoms with Crippen molar-refractivity contribution in [3.05, 3.63) is 99.4 Å². The van der Waals surface area contributed by atoms with E-state index in [1.165, 1.54) is 42.1 Å². The molecule has 1 amide bonds. The summed E-state index contributed by atoms with van der Waals surface area (Å²) in [5.41, 5.74) is 4.00. The van der Waals surface area contributed by atoms with E-state index in [2.05, 4.69) is 57.2 Å². The molecule has 4 aromatic carbocycles. The van der Waals surface area contributed by atoms with Gasteiger partial charge in [0.1, 0.15) is 6.61 Å². The molecular weight excluding hydrogens is 622 g/mol. The highest BCUT2D eigenvalue weighted by molar-refractivity contribution is 9.10. The first-order valence-electron chi connectivity index (χ1n) is 14.7. The first-order chi connectivity index (χ1) is 21.0. The summed E-state index contributed by atoms with van der Waals surface area (Å²) in [6.07, 6.45) is 5.68. The number of carbonyl (C=O) groups is 1. The van der Waals surface area contributed by atoms with Crippen LogP contribution in [0.4, 0.5) is 11.4 Å². The largest absolute Gasteiger partial charge is 0.493 e. The molecule has 0 radical (unpaired) electrons. The highest BCUT2D eigenvalue weighted by atomic mass is 79.9. The van der Waals surface area contributed by atoms with Crippen LogP contribution in [0, 0.1) is 0 Å². The van der Waals surface area contributed by atoms with Gasteiger partial charge in [0, 0.05) is 25.3 Å². The number of rotatable bonds is 8. The Balaban J connectivity index is 1.21. The van der Waals surface area contributed by atoms with E-state index in [9.17, 15) is 4.79 Å². The molecule has 43 heavy (non-hydrogen) atoms. The lowest BCUT2D eigenvalue weighted by Gasteiger charge is -2.28. The van der Waals surface area contributed by atoms with Gasteiger partial charge in [-0.25, -0.2) is 4.99 Å². The molecule has 2 fully saturated rings. The van der Waals surface area contributed by atoms with Crippen molar-refractivity contribution in [2.75, 3.05) is 31.6 Å². The number of methoxy groups -OCH3 is 1. The zero-order valence-electron chi connectivity index (χ0n) is 24.4. The number of nitrogens with zero attached hydrogens (tertiary/aromatic N) is 3. The van der Waals surface area contributed by atoms with Crippen LogP contribution >= 0.6 is 27.7 Å². The Labute approximate surface area is 265 Å². The minimum atomic E-state index is -0.0532. The van der Waals surface area contributed by atoms with Crippen molar-refractivity contribution in [1.82, 2.24) is 4.90 Å². The number of anilines is 1. The fourth-order valence-electron chi connectivity index (χ4n) is 5.55. The van der Waals surface area contributed by atoms with Gasteiger partial charge in [-0.15, -0.1) is 0 Å². The maximum absolute atomic E-state index is 13.4. The van der Waals surface area contributed by atoms with Crippen molar-refractivity contribution in [1.29, 1.82) is 0 Å². The highest BCUT2D eigenvalue weighted by Gasteiger charge is 2.32. The highest BCUT2D eigenvalue weighted by Crippen LogP contribution is 2.40. The number of fused-ring (bicyclic) bond motifs is 1. The third-order valence-electron chi connectivity index (χ3n) is 7.80. The molecule has 4 aromatic rings. The number of likely N-dealkylation sites (N-methyl/N-ethyl adjacent to an activating group) is 1. The molecule has 0 aromatic heterocycles. The van der Waals surface area contributed by atoms with Crippen molar-refractivity contribution in [3.63, 3.8) is 0 Å². The SMILES string of the molecule is CCN1C(=O)/C(=C\c2cc(Br)c(OCc3cccc4ccccc34)c(OC)c2)SC1=Nc1ccc(N2CCCCC2)cc1. The van der Waals surface area contributed by atoms with Gasteiger partial charge in [-0.05, 0) is 118 Å². The van der Waals surface area contributed by atoms with E-state index in [4.69, 9.17) is 14.5 Å². The van der Waals surface area contributed by atoms with Gasteiger partial charge in [-0.2, -0.15) is 0 Å². The number of halogens is 1. The molecule has 2 heterocycles. The average molecular weight is 657 g/mol. The van der Waals surface area contributed by atoms with Crippen LogP contribution in [0.1, 0.15) is 37.3 Å². The molecule has 2 aliphatic rings. The number of thioether (sulfide) groups is 1. The van der Waals surface area contributed by atoms with Gasteiger partial charge < -0.3 is 14.4 Å². The fourth-order valence-corrected chi connectivity index (χ4v) is 7.19. The Kier molecular flexibility index (Phi) is 9.05.